The molecule has 114 valence electrons. The van der Waals surface area contributed by atoms with Gasteiger partial charge in [0.1, 0.15) is 0 Å². The molecule has 0 fully saturated rings. The maximum atomic E-state index is 12.3. The topological polar surface area (TPSA) is 84.9 Å². The lowest BCUT2D eigenvalue weighted by Gasteiger charge is -2.17. The molecule has 1 rings (SSSR count). The number of hydrogen-bond acceptors (Lipinski definition) is 5. The molecule has 0 aliphatic rings. The highest BCUT2D eigenvalue weighted by Crippen LogP contribution is 2.32. The van der Waals surface area contributed by atoms with Gasteiger partial charge in [-0.1, -0.05) is 6.92 Å². The van der Waals surface area contributed by atoms with Crippen LogP contribution >= 0.6 is 0 Å². The fraction of sp³-hybridized carbons (Fsp3) is 0.538. The van der Waals surface area contributed by atoms with Gasteiger partial charge in [0.2, 0.25) is 10.0 Å². The van der Waals surface area contributed by atoms with Gasteiger partial charge in [-0.25, -0.2) is 13.1 Å². The molecule has 1 aromatic carbocycles. The van der Waals surface area contributed by atoms with Crippen molar-refractivity contribution in [3.8, 4) is 11.5 Å². The third kappa shape index (κ3) is 3.62. The quantitative estimate of drug-likeness (QED) is 0.787. The standard InChI is InChI=1S/C13H21NO5S/c1-5-10(8-15)14-20(16,17)13-7-12(19-4)11(18-3)6-9(13)2/h6-7,10,14-15H,5,8H2,1-4H3. The van der Waals surface area contributed by atoms with Crippen LogP contribution in [0.3, 0.4) is 0 Å². The lowest BCUT2D eigenvalue weighted by molar-refractivity contribution is 0.254. The second-order valence-electron chi connectivity index (χ2n) is 4.38. The van der Waals surface area contributed by atoms with Gasteiger partial charge in [0.25, 0.3) is 0 Å². The highest BCUT2D eigenvalue weighted by Gasteiger charge is 2.22. The first-order valence-electron chi connectivity index (χ1n) is 6.25. The second-order valence-corrected chi connectivity index (χ2v) is 6.06. The molecule has 6 nitrogen and oxygen atoms in total. The van der Waals surface area contributed by atoms with Crippen LogP contribution in [-0.4, -0.2) is 40.4 Å². The average molecular weight is 303 g/mol. The Labute approximate surface area is 119 Å². The predicted molar refractivity (Wildman–Crippen MR) is 75.8 cm³/mol. The summed E-state index contributed by atoms with van der Waals surface area (Å²) in [6, 6.07) is 2.51. The Hall–Kier alpha value is -1.31. The SMILES string of the molecule is CCC(CO)NS(=O)(=O)c1cc(OC)c(OC)cc1C. The maximum absolute atomic E-state index is 12.3. The first-order chi connectivity index (χ1) is 9.39. The van der Waals surface area contributed by atoms with E-state index >= 15 is 0 Å². The number of aliphatic hydroxyl groups is 1. The molecule has 1 aromatic rings. The molecule has 0 aliphatic carbocycles. The van der Waals surface area contributed by atoms with Gasteiger partial charge in [0.05, 0.1) is 25.7 Å². The van der Waals surface area contributed by atoms with Gasteiger partial charge in [-0.2, -0.15) is 0 Å². The van der Waals surface area contributed by atoms with Crippen molar-refractivity contribution in [3.63, 3.8) is 0 Å². The summed E-state index contributed by atoms with van der Waals surface area (Å²) in [5, 5.41) is 9.12. The molecule has 0 spiro atoms. The van der Waals surface area contributed by atoms with E-state index in [9.17, 15) is 8.42 Å². The summed E-state index contributed by atoms with van der Waals surface area (Å²) in [4.78, 5) is 0.113. The molecule has 0 radical (unpaired) electrons. The fourth-order valence-electron chi connectivity index (χ4n) is 1.78. The summed E-state index contributed by atoms with van der Waals surface area (Å²) < 4.78 is 37.4. The summed E-state index contributed by atoms with van der Waals surface area (Å²) in [5.41, 5.74) is 0.544. The molecule has 0 aromatic heterocycles. The number of nitrogens with one attached hydrogen (secondary N) is 1. The van der Waals surface area contributed by atoms with Gasteiger partial charge in [0.15, 0.2) is 11.5 Å². The Morgan fingerprint density at radius 3 is 2.25 bits per heavy atom. The number of hydrogen-bond donors (Lipinski definition) is 2. The molecule has 0 bridgehead atoms. The van der Waals surface area contributed by atoms with Crippen LogP contribution in [0.25, 0.3) is 0 Å². The number of aryl methyl sites for hydroxylation is 1. The largest absolute Gasteiger partial charge is 0.493 e. The normalized spacial score (nSPS) is 13.1. The zero-order valence-electron chi connectivity index (χ0n) is 12.1. The van der Waals surface area contributed by atoms with Crippen LogP contribution in [0.15, 0.2) is 17.0 Å². The zero-order valence-corrected chi connectivity index (χ0v) is 13.0. The van der Waals surface area contributed by atoms with Gasteiger partial charge in [0, 0.05) is 12.1 Å². The van der Waals surface area contributed by atoms with E-state index < -0.39 is 16.1 Å². The number of ether oxygens (including phenoxy) is 2. The summed E-state index contributed by atoms with van der Waals surface area (Å²) in [6.45, 7) is 3.23. The first kappa shape index (κ1) is 16.7. The van der Waals surface area contributed by atoms with Crippen molar-refractivity contribution < 1.29 is 23.0 Å². The summed E-state index contributed by atoms with van der Waals surface area (Å²) in [7, 11) is -0.785. The van der Waals surface area contributed by atoms with Crippen molar-refractivity contribution in [2.45, 2.75) is 31.2 Å². The maximum Gasteiger partial charge on any atom is 0.241 e. The number of rotatable bonds is 7. The van der Waals surface area contributed by atoms with E-state index in [0.717, 1.165) is 0 Å². The summed E-state index contributed by atoms with van der Waals surface area (Å²) in [5.74, 6) is 0.814. The van der Waals surface area contributed by atoms with Crippen LogP contribution < -0.4 is 14.2 Å². The molecule has 0 amide bonds. The van der Waals surface area contributed by atoms with E-state index in [1.807, 2.05) is 0 Å². The lowest BCUT2D eigenvalue weighted by atomic mass is 10.2. The highest BCUT2D eigenvalue weighted by molar-refractivity contribution is 7.89. The molecule has 2 N–H and O–H groups in total. The predicted octanol–water partition coefficient (Wildman–Crippen LogP) is 1.06. The van der Waals surface area contributed by atoms with E-state index in [-0.39, 0.29) is 11.5 Å². The van der Waals surface area contributed by atoms with Gasteiger partial charge in [-0.05, 0) is 25.0 Å². The van der Waals surface area contributed by atoms with Gasteiger partial charge in [-0.15, -0.1) is 0 Å². The van der Waals surface area contributed by atoms with Crippen LogP contribution in [0, 0.1) is 6.92 Å². The molecular weight excluding hydrogens is 282 g/mol. The fourth-order valence-corrected chi connectivity index (χ4v) is 3.34. The average Bonchev–Trinajstić information content (AvgIpc) is 2.43. The minimum absolute atomic E-state index is 0.113. The Morgan fingerprint density at radius 2 is 1.80 bits per heavy atom. The van der Waals surface area contributed by atoms with Crippen molar-refractivity contribution in [3.05, 3.63) is 17.7 Å². The van der Waals surface area contributed by atoms with E-state index in [0.29, 0.717) is 23.5 Å². The molecule has 0 heterocycles. The van der Waals surface area contributed by atoms with Crippen LogP contribution in [0.2, 0.25) is 0 Å². The van der Waals surface area contributed by atoms with Gasteiger partial charge in [-0.3, -0.25) is 0 Å². The van der Waals surface area contributed by atoms with E-state index in [4.69, 9.17) is 14.6 Å². The zero-order chi connectivity index (χ0) is 15.3. The third-order valence-electron chi connectivity index (χ3n) is 3.01. The Bertz CT molecular complexity index is 552. The van der Waals surface area contributed by atoms with Crippen LogP contribution in [0.4, 0.5) is 0 Å². The number of benzene rings is 1. The molecule has 0 aliphatic heterocycles. The van der Waals surface area contributed by atoms with E-state index in [1.165, 1.54) is 20.3 Å². The lowest BCUT2D eigenvalue weighted by Crippen LogP contribution is -2.37. The minimum atomic E-state index is -3.72. The number of methoxy groups -OCH3 is 2. The van der Waals surface area contributed by atoms with Crippen molar-refractivity contribution >= 4 is 10.0 Å². The Morgan fingerprint density at radius 1 is 1.25 bits per heavy atom. The number of aliphatic hydroxyl groups excluding tert-OH is 1. The molecule has 1 atom stereocenters. The van der Waals surface area contributed by atoms with Gasteiger partial charge >= 0.3 is 0 Å². The van der Waals surface area contributed by atoms with Crippen molar-refractivity contribution in [2.24, 2.45) is 0 Å². The van der Waals surface area contributed by atoms with Crippen molar-refractivity contribution in [1.82, 2.24) is 4.72 Å². The molecule has 0 saturated heterocycles. The Balaban J connectivity index is 3.24. The number of sulfonamides is 1. The van der Waals surface area contributed by atoms with E-state index in [1.54, 1.807) is 19.9 Å². The highest BCUT2D eigenvalue weighted by atomic mass is 32.2. The second kappa shape index (κ2) is 6.92. The molecule has 1 unspecified atom stereocenters. The van der Waals surface area contributed by atoms with Crippen molar-refractivity contribution in [1.29, 1.82) is 0 Å². The summed E-state index contributed by atoms with van der Waals surface area (Å²) >= 11 is 0. The van der Waals surface area contributed by atoms with E-state index in [2.05, 4.69) is 4.72 Å². The van der Waals surface area contributed by atoms with Crippen LogP contribution in [0.5, 0.6) is 11.5 Å². The Kier molecular flexibility index (Phi) is 5.79. The smallest absolute Gasteiger partial charge is 0.241 e. The van der Waals surface area contributed by atoms with Crippen LogP contribution in [0.1, 0.15) is 18.9 Å². The molecule has 20 heavy (non-hydrogen) atoms. The molecule has 7 heteroatoms. The first-order valence-corrected chi connectivity index (χ1v) is 7.73. The van der Waals surface area contributed by atoms with Crippen LogP contribution in [-0.2, 0) is 10.0 Å². The summed E-state index contributed by atoms with van der Waals surface area (Å²) in [6.07, 6.45) is 0.502. The molecule has 0 saturated carbocycles. The third-order valence-corrected chi connectivity index (χ3v) is 4.67. The molecular formula is C13H21NO5S. The van der Waals surface area contributed by atoms with Crippen molar-refractivity contribution in [2.75, 3.05) is 20.8 Å². The van der Waals surface area contributed by atoms with Gasteiger partial charge < -0.3 is 14.6 Å². The minimum Gasteiger partial charge on any atom is -0.493 e. The monoisotopic (exact) mass is 303 g/mol.